The molecular weight excluding hydrogens is 386 g/mol. The van der Waals surface area contributed by atoms with Crippen LogP contribution in [0.4, 0.5) is 4.79 Å². The summed E-state index contributed by atoms with van der Waals surface area (Å²) in [6, 6.07) is 6.22. The Morgan fingerprint density at radius 2 is 2.03 bits per heavy atom. The van der Waals surface area contributed by atoms with E-state index in [1.54, 1.807) is 38.6 Å². The maximum Gasteiger partial charge on any atom is 0.325 e. The molecule has 1 aliphatic heterocycles. The molecule has 4 rings (SSSR count). The molecule has 0 radical (unpaired) electrons. The van der Waals surface area contributed by atoms with E-state index in [-0.39, 0.29) is 18.4 Å². The summed E-state index contributed by atoms with van der Waals surface area (Å²) in [5.41, 5.74) is -0.106. The Morgan fingerprint density at radius 1 is 1.33 bits per heavy atom. The third-order valence-electron chi connectivity index (χ3n) is 5.87. The second kappa shape index (κ2) is 7.47. The van der Waals surface area contributed by atoms with Gasteiger partial charge in [0.1, 0.15) is 29.7 Å². The maximum atomic E-state index is 12.9. The minimum atomic E-state index is -0.910. The van der Waals surface area contributed by atoms with Crippen LogP contribution in [0.15, 0.2) is 36.7 Å². The quantitative estimate of drug-likeness (QED) is 0.669. The van der Waals surface area contributed by atoms with Crippen LogP contribution in [-0.2, 0) is 16.6 Å². The van der Waals surface area contributed by atoms with Gasteiger partial charge in [0.2, 0.25) is 5.91 Å². The number of aryl methyl sites for hydroxylation is 1. The molecular formula is C21H25N5O4. The fourth-order valence-corrected chi connectivity index (χ4v) is 3.90. The van der Waals surface area contributed by atoms with E-state index in [1.807, 2.05) is 23.7 Å². The Balaban J connectivity index is 1.53. The van der Waals surface area contributed by atoms with Crippen molar-refractivity contribution in [1.29, 1.82) is 0 Å². The lowest BCUT2D eigenvalue weighted by Gasteiger charge is -2.22. The average Bonchev–Trinajstić information content (AvgIpc) is 3.47. The normalized spacial score (nSPS) is 22.0. The van der Waals surface area contributed by atoms with Crippen molar-refractivity contribution >= 4 is 17.8 Å². The Bertz CT molecular complexity index is 982. The summed E-state index contributed by atoms with van der Waals surface area (Å²) in [6.07, 6.45) is 5.25. The van der Waals surface area contributed by atoms with E-state index >= 15 is 0 Å². The third-order valence-corrected chi connectivity index (χ3v) is 5.87. The number of benzene rings is 1. The molecule has 2 heterocycles. The first-order valence-electron chi connectivity index (χ1n) is 9.88. The largest absolute Gasteiger partial charge is 0.497 e. The summed E-state index contributed by atoms with van der Waals surface area (Å²) in [5.74, 6) is 0.683. The fraction of sp³-hybridized carbons (Fsp3) is 0.429. The minimum Gasteiger partial charge on any atom is -0.497 e. The molecule has 1 saturated carbocycles. The molecule has 4 amide bonds. The van der Waals surface area contributed by atoms with Gasteiger partial charge in [0.05, 0.1) is 7.11 Å². The average molecular weight is 411 g/mol. The van der Waals surface area contributed by atoms with Crippen LogP contribution in [0.5, 0.6) is 5.75 Å². The highest BCUT2D eigenvalue weighted by molar-refractivity contribution is 6.09. The number of imide groups is 1. The standard InChI is InChI=1S/C21H25N5O4/c1-21(14-6-7-14)19(28)26(20(29)24-21)12-16(27)23-17(18-22-10-11-25(18)2)13-4-8-15(30-3)9-5-13/h4-5,8-11,14,17H,6-7,12H2,1-3H3,(H,23,27)(H,24,29)/t17-,21+/m0/s1. The van der Waals surface area contributed by atoms with Crippen molar-refractivity contribution in [2.45, 2.75) is 31.3 Å². The summed E-state index contributed by atoms with van der Waals surface area (Å²) in [5, 5.41) is 5.68. The van der Waals surface area contributed by atoms with Crippen molar-refractivity contribution in [1.82, 2.24) is 25.1 Å². The zero-order valence-corrected chi connectivity index (χ0v) is 17.2. The van der Waals surface area contributed by atoms with Gasteiger partial charge in [-0.25, -0.2) is 9.78 Å². The van der Waals surface area contributed by atoms with Crippen molar-refractivity contribution in [3.8, 4) is 5.75 Å². The number of urea groups is 1. The molecule has 1 aromatic heterocycles. The van der Waals surface area contributed by atoms with Crippen LogP contribution < -0.4 is 15.4 Å². The van der Waals surface area contributed by atoms with E-state index in [1.165, 1.54) is 0 Å². The second-order valence-electron chi connectivity index (χ2n) is 7.97. The van der Waals surface area contributed by atoms with Gasteiger partial charge in [-0.2, -0.15) is 0 Å². The third kappa shape index (κ3) is 3.51. The number of hydrogen-bond acceptors (Lipinski definition) is 5. The van der Waals surface area contributed by atoms with Crippen molar-refractivity contribution in [2.24, 2.45) is 13.0 Å². The molecule has 0 spiro atoms. The molecule has 1 aromatic carbocycles. The summed E-state index contributed by atoms with van der Waals surface area (Å²) in [7, 11) is 3.42. The highest BCUT2D eigenvalue weighted by atomic mass is 16.5. The Morgan fingerprint density at radius 3 is 2.60 bits per heavy atom. The molecule has 30 heavy (non-hydrogen) atoms. The van der Waals surface area contributed by atoms with Crippen LogP contribution >= 0.6 is 0 Å². The Hall–Kier alpha value is -3.36. The number of methoxy groups -OCH3 is 1. The van der Waals surface area contributed by atoms with Crippen molar-refractivity contribution in [3.63, 3.8) is 0 Å². The number of imidazole rings is 1. The van der Waals surface area contributed by atoms with Crippen molar-refractivity contribution in [2.75, 3.05) is 13.7 Å². The van der Waals surface area contributed by atoms with Crippen LogP contribution in [0.2, 0.25) is 0 Å². The first-order chi connectivity index (χ1) is 14.3. The number of nitrogens with one attached hydrogen (secondary N) is 2. The Labute approximate surface area is 174 Å². The van der Waals surface area contributed by atoms with Gasteiger partial charge >= 0.3 is 6.03 Å². The molecule has 2 aromatic rings. The first kappa shape index (κ1) is 19.9. The highest BCUT2D eigenvalue weighted by Crippen LogP contribution is 2.42. The van der Waals surface area contributed by atoms with E-state index in [0.29, 0.717) is 11.6 Å². The van der Waals surface area contributed by atoms with Crippen LogP contribution in [0, 0.1) is 5.92 Å². The number of amides is 4. The lowest BCUT2D eigenvalue weighted by Crippen LogP contribution is -2.47. The van der Waals surface area contributed by atoms with Gasteiger partial charge in [0, 0.05) is 19.4 Å². The number of carbonyl (C=O) groups is 3. The number of carbonyl (C=O) groups excluding carboxylic acids is 3. The zero-order chi connectivity index (χ0) is 21.5. The van der Waals surface area contributed by atoms with Crippen LogP contribution in [0.1, 0.15) is 37.2 Å². The van der Waals surface area contributed by atoms with Crippen LogP contribution in [0.3, 0.4) is 0 Å². The number of rotatable bonds is 7. The van der Waals surface area contributed by atoms with Gasteiger partial charge in [-0.1, -0.05) is 12.1 Å². The molecule has 1 saturated heterocycles. The van der Waals surface area contributed by atoms with E-state index in [0.717, 1.165) is 23.3 Å². The van der Waals surface area contributed by atoms with Gasteiger partial charge in [-0.15, -0.1) is 0 Å². The SMILES string of the molecule is COc1ccc([C@H](NC(=O)CN2C(=O)N[C@](C)(C3CC3)C2=O)c2nccn2C)cc1. The molecule has 2 aliphatic rings. The number of ether oxygens (including phenoxy) is 1. The predicted octanol–water partition coefficient (Wildman–Crippen LogP) is 1.35. The van der Waals surface area contributed by atoms with Gasteiger partial charge in [0.25, 0.3) is 5.91 Å². The number of nitrogens with zero attached hydrogens (tertiary/aromatic N) is 3. The second-order valence-corrected chi connectivity index (χ2v) is 7.97. The molecule has 2 N–H and O–H groups in total. The van der Waals surface area contributed by atoms with E-state index in [2.05, 4.69) is 15.6 Å². The van der Waals surface area contributed by atoms with Crippen LogP contribution in [0.25, 0.3) is 0 Å². The molecule has 9 nitrogen and oxygen atoms in total. The lowest BCUT2D eigenvalue weighted by molar-refractivity contribution is -0.135. The smallest absolute Gasteiger partial charge is 0.325 e. The van der Waals surface area contributed by atoms with Crippen LogP contribution in [-0.4, -0.2) is 51.5 Å². The van der Waals surface area contributed by atoms with Crippen molar-refractivity contribution in [3.05, 3.63) is 48.0 Å². The summed E-state index contributed by atoms with van der Waals surface area (Å²) >= 11 is 0. The van der Waals surface area contributed by atoms with Gasteiger partial charge in [-0.05, 0) is 43.4 Å². The van der Waals surface area contributed by atoms with Gasteiger partial charge < -0.3 is 19.9 Å². The van der Waals surface area contributed by atoms with Gasteiger partial charge in [0.15, 0.2) is 0 Å². The van der Waals surface area contributed by atoms with E-state index in [9.17, 15) is 14.4 Å². The number of aromatic nitrogens is 2. The maximum absolute atomic E-state index is 12.9. The predicted molar refractivity (Wildman–Crippen MR) is 108 cm³/mol. The minimum absolute atomic E-state index is 0.140. The molecule has 2 fully saturated rings. The molecule has 9 heteroatoms. The summed E-state index contributed by atoms with van der Waals surface area (Å²) < 4.78 is 7.02. The molecule has 1 aliphatic carbocycles. The van der Waals surface area contributed by atoms with Gasteiger partial charge in [-0.3, -0.25) is 14.5 Å². The molecule has 158 valence electrons. The molecule has 0 unspecified atom stereocenters. The molecule has 0 bridgehead atoms. The Kier molecular flexibility index (Phi) is 4.97. The first-order valence-corrected chi connectivity index (χ1v) is 9.88. The van der Waals surface area contributed by atoms with Crippen molar-refractivity contribution < 1.29 is 19.1 Å². The monoisotopic (exact) mass is 411 g/mol. The topological polar surface area (TPSA) is 106 Å². The molecule has 2 atom stereocenters. The fourth-order valence-electron chi connectivity index (χ4n) is 3.90. The summed E-state index contributed by atoms with van der Waals surface area (Å²) in [6.45, 7) is 1.39. The highest BCUT2D eigenvalue weighted by Gasteiger charge is 2.56. The lowest BCUT2D eigenvalue weighted by atomic mass is 9.96. The summed E-state index contributed by atoms with van der Waals surface area (Å²) in [4.78, 5) is 43.4. The zero-order valence-electron chi connectivity index (χ0n) is 17.2. The van der Waals surface area contributed by atoms with E-state index in [4.69, 9.17) is 4.74 Å². The van der Waals surface area contributed by atoms with E-state index < -0.39 is 23.5 Å². The number of hydrogen-bond donors (Lipinski definition) is 2.